The summed E-state index contributed by atoms with van der Waals surface area (Å²) in [4.78, 5) is 11.7. The summed E-state index contributed by atoms with van der Waals surface area (Å²) < 4.78 is 4.90. The van der Waals surface area contributed by atoms with E-state index in [1.54, 1.807) is 7.11 Å². The van der Waals surface area contributed by atoms with E-state index in [9.17, 15) is 4.79 Å². The zero-order valence-electron chi connectivity index (χ0n) is 11.1. The molecule has 1 fully saturated rings. The van der Waals surface area contributed by atoms with Gasteiger partial charge in [-0.2, -0.15) is 0 Å². The highest BCUT2D eigenvalue weighted by Crippen LogP contribution is 2.17. The first-order valence-corrected chi connectivity index (χ1v) is 6.76. The van der Waals surface area contributed by atoms with Gasteiger partial charge in [0.25, 0.3) is 0 Å². The molecule has 0 aromatic heterocycles. The molecule has 0 aromatic rings. The fraction of sp³-hybridized carbons (Fsp3) is 0.923. The molecule has 4 nitrogen and oxygen atoms in total. The van der Waals surface area contributed by atoms with E-state index >= 15 is 0 Å². The summed E-state index contributed by atoms with van der Waals surface area (Å²) in [5, 5.41) is 6.29. The molecule has 1 rings (SSSR count). The highest BCUT2D eigenvalue weighted by molar-refractivity contribution is 5.81. The molecule has 0 saturated heterocycles. The van der Waals surface area contributed by atoms with Gasteiger partial charge in [-0.05, 0) is 19.8 Å². The first kappa shape index (κ1) is 14.5. The van der Waals surface area contributed by atoms with Crippen LogP contribution in [0.2, 0.25) is 0 Å². The zero-order chi connectivity index (χ0) is 12.5. The van der Waals surface area contributed by atoms with Gasteiger partial charge in [0.15, 0.2) is 0 Å². The Morgan fingerprint density at radius 2 is 1.94 bits per heavy atom. The molecule has 1 saturated carbocycles. The number of carbonyl (C=O) groups is 1. The number of hydrogen-bond acceptors (Lipinski definition) is 3. The first-order valence-electron chi connectivity index (χ1n) is 6.76. The third-order valence-electron chi connectivity index (χ3n) is 3.34. The summed E-state index contributed by atoms with van der Waals surface area (Å²) in [6.07, 6.45) is 7.66. The summed E-state index contributed by atoms with van der Waals surface area (Å²) in [6.45, 7) is 3.10. The Kier molecular flexibility index (Phi) is 7.21. The number of ether oxygens (including phenoxy) is 1. The lowest BCUT2D eigenvalue weighted by Crippen LogP contribution is -2.47. The van der Waals surface area contributed by atoms with Crippen LogP contribution in [0.25, 0.3) is 0 Å². The third-order valence-corrected chi connectivity index (χ3v) is 3.34. The topological polar surface area (TPSA) is 50.4 Å². The van der Waals surface area contributed by atoms with Gasteiger partial charge in [0.2, 0.25) is 5.91 Å². The van der Waals surface area contributed by atoms with Crippen molar-refractivity contribution in [2.75, 3.05) is 20.3 Å². The number of methoxy groups -OCH3 is 1. The molecule has 1 unspecified atom stereocenters. The van der Waals surface area contributed by atoms with Crippen LogP contribution < -0.4 is 10.6 Å². The lowest BCUT2D eigenvalue weighted by Gasteiger charge is -2.21. The van der Waals surface area contributed by atoms with E-state index in [1.165, 1.54) is 38.5 Å². The second kappa shape index (κ2) is 8.48. The van der Waals surface area contributed by atoms with Crippen LogP contribution >= 0.6 is 0 Å². The Balaban J connectivity index is 2.21. The van der Waals surface area contributed by atoms with Crippen molar-refractivity contribution in [3.05, 3.63) is 0 Å². The molecule has 4 heteroatoms. The molecular weight excluding hydrogens is 216 g/mol. The maximum absolute atomic E-state index is 11.7. The quantitative estimate of drug-likeness (QED) is 0.547. The maximum atomic E-state index is 11.7. The number of hydrogen-bond donors (Lipinski definition) is 2. The number of amides is 1. The van der Waals surface area contributed by atoms with E-state index in [0.717, 1.165) is 0 Å². The Morgan fingerprint density at radius 1 is 1.29 bits per heavy atom. The van der Waals surface area contributed by atoms with E-state index in [-0.39, 0.29) is 11.9 Å². The standard InChI is InChI=1S/C13H26N2O2/c1-11(13(16)14-9-10-17-2)15-12-7-5-3-4-6-8-12/h11-12,15H,3-10H2,1-2H3,(H,14,16). The van der Waals surface area contributed by atoms with Crippen molar-refractivity contribution in [3.8, 4) is 0 Å². The fourth-order valence-corrected chi connectivity index (χ4v) is 2.30. The molecule has 0 bridgehead atoms. The van der Waals surface area contributed by atoms with Crippen molar-refractivity contribution < 1.29 is 9.53 Å². The minimum atomic E-state index is -0.102. The van der Waals surface area contributed by atoms with Crippen molar-refractivity contribution in [2.24, 2.45) is 0 Å². The third kappa shape index (κ3) is 6.03. The van der Waals surface area contributed by atoms with Gasteiger partial charge in [0, 0.05) is 19.7 Å². The maximum Gasteiger partial charge on any atom is 0.236 e. The lowest BCUT2D eigenvalue weighted by atomic mass is 10.1. The van der Waals surface area contributed by atoms with Gasteiger partial charge in [-0.25, -0.2) is 0 Å². The normalized spacial score (nSPS) is 19.6. The molecule has 2 N–H and O–H groups in total. The smallest absolute Gasteiger partial charge is 0.236 e. The van der Waals surface area contributed by atoms with Crippen LogP contribution in [-0.2, 0) is 9.53 Å². The van der Waals surface area contributed by atoms with Crippen LogP contribution in [0, 0.1) is 0 Å². The second-order valence-corrected chi connectivity index (χ2v) is 4.86. The van der Waals surface area contributed by atoms with Gasteiger partial charge < -0.3 is 15.4 Å². The monoisotopic (exact) mass is 242 g/mol. The number of carbonyl (C=O) groups excluding carboxylic acids is 1. The minimum Gasteiger partial charge on any atom is -0.383 e. The molecule has 0 aromatic carbocycles. The van der Waals surface area contributed by atoms with E-state index in [0.29, 0.717) is 19.2 Å². The zero-order valence-corrected chi connectivity index (χ0v) is 11.1. The second-order valence-electron chi connectivity index (χ2n) is 4.86. The van der Waals surface area contributed by atoms with Crippen LogP contribution in [-0.4, -0.2) is 38.3 Å². The predicted molar refractivity (Wildman–Crippen MR) is 69.0 cm³/mol. The molecule has 1 aliphatic rings. The molecule has 1 amide bonds. The Hall–Kier alpha value is -0.610. The highest BCUT2D eigenvalue weighted by atomic mass is 16.5. The van der Waals surface area contributed by atoms with E-state index in [2.05, 4.69) is 10.6 Å². The van der Waals surface area contributed by atoms with Gasteiger partial charge in [0.05, 0.1) is 12.6 Å². The highest BCUT2D eigenvalue weighted by Gasteiger charge is 2.18. The molecule has 17 heavy (non-hydrogen) atoms. The van der Waals surface area contributed by atoms with Crippen LogP contribution in [0.4, 0.5) is 0 Å². The molecule has 0 heterocycles. The average molecular weight is 242 g/mol. The van der Waals surface area contributed by atoms with Crippen molar-refractivity contribution in [1.82, 2.24) is 10.6 Å². The van der Waals surface area contributed by atoms with Crippen molar-refractivity contribution in [3.63, 3.8) is 0 Å². The van der Waals surface area contributed by atoms with Crippen LogP contribution in [0.3, 0.4) is 0 Å². The molecular formula is C13H26N2O2. The van der Waals surface area contributed by atoms with E-state index < -0.39 is 0 Å². The molecule has 0 aliphatic heterocycles. The van der Waals surface area contributed by atoms with Crippen molar-refractivity contribution >= 4 is 5.91 Å². The van der Waals surface area contributed by atoms with Crippen LogP contribution in [0.1, 0.15) is 45.4 Å². The minimum absolute atomic E-state index is 0.0753. The summed E-state index contributed by atoms with van der Waals surface area (Å²) >= 11 is 0. The lowest BCUT2D eigenvalue weighted by molar-refractivity contribution is -0.123. The van der Waals surface area contributed by atoms with Gasteiger partial charge in [-0.1, -0.05) is 25.7 Å². The molecule has 0 radical (unpaired) electrons. The van der Waals surface area contributed by atoms with Crippen molar-refractivity contribution in [2.45, 2.75) is 57.5 Å². The summed E-state index contributed by atoms with van der Waals surface area (Å²) in [5.41, 5.74) is 0. The molecule has 100 valence electrons. The van der Waals surface area contributed by atoms with Gasteiger partial charge >= 0.3 is 0 Å². The SMILES string of the molecule is COCCNC(=O)C(C)NC1CCCCCC1. The molecule has 0 spiro atoms. The number of nitrogens with one attached hydrogen (secondary N) is 2. The Morgan fingerprint density at radius 3 is 2.53 bits per heavy atom. The van der Waals surface area contributed by atoms with Crippen LogP contribution in [0.15, 0.2) is 0 Å². The van der Waals surface area contributed by atoms with E-state index in [1.807, 2.05) is 6.92 Å². The fourth-order valence-electron chi connectivity index (χ4n) is 2.30. The van der Waals surface area contributed by atoms with Gasteiger partial charge in [-0.3, -0.25) is 4.79 Å². The predicted octanol–water partition coefficient (Wildman–Crippen LogP) is 1.45. The van der Waals surface area contributed by atoms with Gasteiger partial charge in [-0.15, -0.1) is 0 Å². The van der Waals surface area contributed by atoms with Crippen LogP contribution in [0.5, 0.6) is 0 Å². The summed E-state index contributed by atoms with van der Waals surface area (Å²) in [7, 11) is 1.64. The summed E-state index contributed by atoms with van der Waals surface area (Å²) in [5.74, 6) is 0.0753. The molecule has 1 atom stereocenters. The molecule has 1 aliphatic carbocycles. The van der Waals surface area contributed by atoms with Gasteiger partial charge in [0.1, 0.15) is 0 Å². The number of rotatable bonds is 6. The van der Waals surface area contributed by atoms with Crippen molar-refractivity contribution in [1.29, 1.82) is 0 Å². The first-order chi connectivity index (χ1) is 8.24. The Bertz CT molecular complexity index is 213. The summed E-state index contributed by atoms with van der Waals surface area (Å²) in [6, 6.07) is 0.413. The Labute approximate surface area is 104 Å². The largest absolute Gasteiger partial charge is 0.383 e. The van der Waals surface area contributed by atoms with E-state index in [4.69, 9.17) is 4.74 Å². The average Bonchev–Trinajstić information content (AvgIpc) is 2.57.